The highest BCUT2D eigenvalue weighted by Gasteiger charge is 2.32. The summed E-state index contributed by atoms with van der Waals surface area (Å²) in [7, 11) is 0. The molecule has 0 atom stereocenters. The number of non-ortho nitro benzene ring substituents is 1. The fourth-order valence-electron chi connectivity index (χ4n) is 2.39. The third-order valence-corrected chi connectivity index (χ3v) is 5.09. The Balaban J connectivity index is 1.82. The fraction of sp³-hybridized carbons (Fsp3) is 0.111. The second-order valence-corrected chi connectivity index (χ2v) is 7.28. The van der Waals surface area contributed by atoms with Gasteiger partial charge in [-0.15, -0.1) is 0 Å². The van der Waals surface area contributed by atoms with E-state index in [2.05, 4.69) is 0 Å². The van der Waals surface area contributed by atoms with Gasteiger partial charge in [0.25, 0.3) is 11.6 Å². The van der Waals surface area contributed by atoms with E-state index in [4.69, 9.17) is 12.2 Å². The number of aryl methyl sites for hydroxylation is 1. The van der Waals surface area contributed by atoms with Gasteiger partial charge >= 0.3 is 0 Å². The van der Waals surface area contributed by atoms with Gasteiger partial charge in [0.05, 0.1) is 16.4 Å². The normalized spacial score (nSPS) is 15.9. The van der Waals surface area contributed by atoms with Crippen molar-refractivity contribution < 1.29 is 9.72 Å². The van der Waals surface area contributed by atoms with E-state index < -0.39 is 4.92 Å². The Hall–Kier alpha value is -2.51. The lowest BCUT2D eigenvalue weighted by Crippen LogP contribution is -2.27. The van der Waals surface area contributed by atoms with Crippen molar-refractivity contribution >= 4 is 46.0 Å². The summed E-state index contributed by atoms with van der Waals surface area (Å²) in [6.45, 7) is 2.42. The maximum absolute atomic E-state index is 12.6. The summed E-state index contributed by atoms with van der Waals surface area (Å²) in [4.78, 5) is 25.1. The predicted molar refractivity (Wildman–Crippen MR) is 103 cm³/mol. The van der Waals surface area contributed by atoms with Crippen LogP contribution in [0.1, 0.15) is 16.7 Å². The van der Waals surface area contributed by atoms with Crippen molar-refractivity contribution in [3.63, 3.8) is 0 Å². The van der Waals surface area contributed by atoms with Crippen LogP contribution in [0.3, 0.4) is 0 Å². The molecule has 1 aliphatic heterocycles. The van der Waals surface area contributed by atoms with Crippen molar-refractivity contribution in [3.05, 3.63) is 80.2 Å². The van der Waals surface area contributed by atoms with Crippen LogP contribution in [0.25, 0.3) is 6.08 Å². The lowest BCUT2D eigenvalue weighted by atomic mass is 10.1. The molecule has 0 aromatic heterocycles. The first-order valence-corrected chi connectivity index (χ1v) is 8.72. The van der Waals surface area contributed by atoms with Gasteiger partial charge in [0.2, 0.25) is 0 Å². The monoisotopic (exact) mass is 370 g/mol. The summed E-state index contributed by atoms with van der Waals surface area (Å²) in [6, 6.07) is 14.1. The second kappa shape index (κ2) is 7.16. The number of thioether (sulfide) groups is 1. The van der Waals surface area contributed by atoms with Gasteiger partial charge in [0.15, 0.2) is 0 Å². The van der Waals surface area contributed by atoms with Crippen LogP contribution in [0.15, 0.2) is 53.4 Å². The van der Waals surface area contributed by atoms with Crippen LogP contribution in [-0.4, -0.2) is 20.1 Å². The van der Waals surface area contributed by atoms with Crippen LogP contribution < -0.4 is 0 Å². The van der Waals surface area contributed by atoms with Crippen molar-refractivity contribution in [3.8, 4) is 0 Å². The molecular formula is C18H14N2O3S2. The van der Waals surface area contributed by atoms with Crippen molar-refractivity contribution in [2.45, 2.75) is 13.5 Å². The Kier molecular flexibility index (Phi) is 4.96. The van der Waals surface area contributed by atoms with E-state index in [-0.39, 0.29) is 11.6 Å². The van der Waals surface area contributed by atoms with Gasteiger partial charge in [0.1, 0.15) is 4.32 Å². The summed E-state index contributed by atoms with van der Waals surface area (Å²) >= 11 is 6.53. The van der Waals surface area contributed by atoms with Gasteiger partial charge in [-0.25, -0.2) is 0 Å². The summed E-state index contributed by atoms with van der Waals surface area (Å²) in [5.74, 6) is -0.179. The number of nitrogens with zero attached hydrogens (tertiary/aromatic N) is 2. The van der Waals surface area contributed by atoms with Gasteiger partial charge in [-0.05, 0) is 24.1 Å². The molecule has 0 aliphatic carbocycles. The van der Waals surface area contributed by atoms with Crippen molar-refractivity contribution in [2.75, 3.05) is 0 Å². The molecule has 0 spiro atoms. The molecule has 0 unspecified atom stereocenters. The maximum Gasteiger partial charge on any atom is 0.270 e. The first-order valence-electron chi connectivity index (χ1n) is 7.49. The third kappa shape index (κ3) is 3.94. The standard InChI is InChI=1S/C18H14N2O3S2/c1-12-5-7-13(8-6-12)11-19-17(21)16(25-18(19)24)10-14-3-2-4-15(9-14)20(22)23/h2-10H,11H2,1H3/b16-10-. The molecule has 1 aliphatic rings. The number of hydrogen-bond acceptors (Lipinski definition) is 5. The first-order chi connectivity index (χ1) is 11.9. The molecule has 3 rings (SSSR count). The zero-order valence-electron chi connectivity index (χ0n) is 13.3. The molecule has 0 radical (unpaired) electrons. The topological polar surface area (TPSA) is 63.5 Å². The molecule has 25 heavy (non-hydrogen) atoms. The molecule has 1 saturated heterocycles. The van der Waals surface area contributed by atoms with Crippen LogP contribution >= 0.6 is 24.0 Å². The van der Waals surface area contributed by atoms with E-state index in [0.29, 0.717) is 21.3 Å². The Morgan fingerprint density at radius 1 is 1.24 bits per heavy atom. The van der Waals surface area contributed by atoms with Gasteiger partial charge < -0.3 is 0 Å². The van der Waals surface area contributed by atoms with Crippen molar-refractivity contribution in [1.82, 2.24) is 4.90 Å². The van der Waals surface area contributed by atoms with Gasteiger partial charge in [-0.1, -0.05) is 65.9 Å². The van der Waals surface area contributed by atoms with E-state index >= 15 is 0 Å². The number of rotatable bonds is 4. The van der Waals surface area contributed by atoms with Gasteiger partial charge in [-0.2, -0.15) is 0 Å². The average molecular weight is 370 g/mol. The van der Waals surface area contributed by atoms with E-state index in [9.17, 15) is 14.9 Å². The first kappa shape index (κ1) is 17.3. The molecule has 0 saturated carbocycles. The predicted octanol–water partition coefficient (Wildman–Crippen LogP) is 4.30. The Bertz CT molecular complexity index is 891. The lowest BCUT2D eigenvalue weighted by Gasteiger charge is -2.14. The minimum Gasteiger partial charge on any atom is -0.288 e. The summed E-state index contributed by atoms with van der Waals surface area (Å²) < 4.78 is 0.488. The number of amides is 1. The minimum atomic E-state index is -0.458. The Labute approximate surface area is 154 Å². The highest BCUT2D eigenvalue weighted by atomic mass is 32.2. The molecule has 7 heteroatoms. The van der Waals surface area contributed by atoms with E-state index in [0.717, 1.165) is 11.1 Å². The van der Waals surface area contributed by atoms with Crippen LogP contribution in [0, 0.1) is 17.0 Å². The van der Waals surface area contributed by atoms with Crippen LogP contribution in [-0.2, 0) is 11.3 Å². The highest BCUT2D eigenvalue weighted by Crippen LogP contribution is 2.34. The van der Waals surface area contributed by atoms with E-state index in [1.807, 2.05) is 31.2 Å². The summed E-state index contributed by atoms with van der Waals surface area (Å²) in [6.07, 6.45) is 1.64. The largest absolute Gasteiger partial charge is 0.288 e. The number of nitro groups is 1. The maximum atomic E-state index is 12.6. The lowest BCUT2D eigenvalue weighted by molar-refractivity contribution is -0.384. The van der Waals surface area contributed by atoms with Crippen LogP contribution in [0.2, 0.25) is 0 Å². The molecule has 126 valence electrons. The number of carbonyl (C=O) groups excluding carboxylic acids is 1. The van der Waals surface area contributed by atoms with Crippen LogP contribution in [0.5, 0.6) is 0 Å². The number of thiocarbonyl (C=S) groups is 1. The Morgan fingerprint density at radius 2 is 1.96 bits per heavy atom. The van der Waals surface area contributed by atoms with Crippen LogP contribution in [0.4, 0.5) is 5.69 Å². The summed E-state index contributed by atoms with van der Waals surface area (Å²) in [5, 5.41) is 10.9. The number of hydrogen-bond donors (Lipinski definition) is 0. The molecule has 1 fully saturated rings. The van der Waals surface area contributed by atoms with E-state index in [1.54, 1.807) is 23.1 Å². The number of carbonyl (C=O) groups is 1. The Morgan fingerprint density at radius 3 is 2.64 bits per heavy atom. The van der Waals surface area contributed by atoms with E-state index in [1.165, 1.54) is 23.9 Å². The molecule has 2 aromatic carbocycles. The average Bonchev–Trinajstić information content (AvgIpc) is 2.84. The SMILES string of the molecule is Cc1ccc(CN2C(=O)/C(=C/c3cccc([N+](=O)[O-])c3)SC2=S)cc1. The second-order valence-electron chi connectivity index (χ2n) is 5.61. The molecule has 1 heterocycles. The zero-order chi connectivity index (χ0) is 18.0. The van der Waals surface area contributed by atoms with Gasteiger partial charge in [-0.3, -0.25) is 19.8 Å². The van der Waals surface area contributed by atoms with Crippen molar-refractivity contribution in [1.29, 1.82) is 0 Å². The quantitative estimate of drug-likeness (QED) is 0.347. The number of benzene rings is 2. The smallest absolute Gasteiger partial charge is 0.270 e. The fourth-order valence-corrected chi connectivity index (χ4v) is 3.65. The molecule has 2 aromatic rings. The molecular weight excluding hydrogens is 356 g/mol. The third-order valence-electron chi connectivity index (χ3n) is 3.71. The molecule has 0 bridgehead atoms. The number of nitro benzene ring substituents is 1. The molecule has 5 nitrogen and oxygen atoms in total. The highest BCUT2D eigenvalue weighted by molar-refractivity contribution is 8.26. The molecule has 1 amide bonds. The molecule has 0 N–H and O–H groups in total. The zero-order valence-corrected chi connectivity index (χ0v) is 15.0. The van der Waals surface area contributed by atoms with Crippen molar-refractivity contribution in [2.24, 2.45) is 0 Å². The summed E-state index contributed by atoms with van der Waals surface area (Å²) in [5.41, 5.74) is 2.74. The van der Waals surface area contributed by atoms with Gasteiger partial charge in [0, 0.05) is 12.1 Å². The minimum absolute atomic E-state index is 0.0103.